The van der Waals surface area contributed by atoms with E-state index in [0.717, 1.165) is 24.9 Å². The molecule has 2 aromatic rings. The number of rotatable bonds is 6. The lowest BCUT2D eigenvalue weighted by Gasteiger charge is -2.42. The van der Waals surface area contributed by atoms with Gasteiger partial charge in [0, 0.05) is 43.2 Å². The number of hydrogen-bond donors (Lipinski definition) is 0. The highest BCUT2D eigenvalue weighted by molar-refractivity contribution is 6.32. The summed E-state index contributed by atoms with van der Waals surface area (Å²) in [5.74, 6) is -1.27. The Hall–Kier alpha value is -3.55. The van der Waals surface area contributed by atoms with Crippen molar-refractivity contribution >= 4 is 29.2 Å². The fourth-order valence-electron chi connectivity index (χ4n) is 7.03. The van der Waals surface area contributed by atoms with E-state index in [1.54, 1.807) is 23.1 Å². The van der Waals surface area contributed by atoms with Crippen LogP contribution in [0.4, 0.5) is 14.6 Å². The maximum Gasteiger partial charge on any atom is 0.318 e. The molecule has 2 saturated heterocycles. The highest BCUT2D eigenvalue weighted by Crippen LogP contribution is 2.56. The number of piperazine rings is 1. The van der Waals surface area contributed by atoms with Crippen LogP contribution in [0.1, 0.15) is 48.1 Å². The number of anilines is 1. The number of benzene rings is 1. The van der Waals surface area contributed by atoms with Crippen LogP contribution in [0.3, 0.4) is 0 Å². The molecule has 1 aromatic carbocycles. The summed E-state index contributed by atoms with van der Waals surface area (Å²) in [6, 6.07) is 7.33. The molecule has 1 unspecified atom stereocenters. The van der Waals surface area contributed by atoms with Crippen molar-refractivity contribution in [2.75, 3.05) is 44.7 Å². The summed E-state index contributed by atoms with van der Waals surface area (Å²) in [6.45, 7) is 6.31. The van der Waals surface area contributed by atoms with Gasteiger partial charge in [0.25, 0.3) is 0 Å². The molecular formula is C31H33ClF2N6O2. The molecule has 2 fully saturated rings. The highest BCUT2D eigenvalue weighted by atomic mass is 35.5. The summed E-state index contributed by atoms with van der Waals surface area (Å²) in [5.41, 5.74) is 0.922. The van der Waals surface area contributed by atoms with Gasteiger partial charge in [-0.2, -0.15) is 15.2 Å². The SMILES string of the molecule is C=CC(=O)N1CCN(c2nc(OC[C@@H]3CCCN3C)nc3c2CCC2(C3)C(F)=C(F)c3c(Cl)cccc32)C[C@@H]1CC#N. The zero-order chi connectivity index (χ0) is 29.6. The van der Waals surface area contributed by atoms with Crippen molar-refractivity contribution < 1.29 is 18.3 Å². The molecule has 2 aliphatic heterocycles. The number of amides is 1. The summed E-state index contributed by atoms with van der Waals surface area (Å²) < 4.78 is 37.3. The van der Waals surface area contributed by atoms with Gasteiger partial charge < -0.3 is 19.4 Å². The molecule has 1 spiro atoms. The lowest BCUT2D eigenvalue weighted by atomic mass is 9.69. The van der Waals surface area contributed by atoms with E-state index in [4.69, 9.17) is 26.3 Å². The Morgan fingerprint density at radius 2 is 2.12 bits per heavy atom. The Bertz CT molecular complexity index is 1510. The van der Waals surface area contributed by atoms with Gasteiger partial charge in [-0.05, 0) is 57.0 Å². The monoisotopic (exact) mass is 594 g/mol. The summed E-state index contributed by atoms with van der Waals surface area (Å²) >= 11 is 6.33. The van der Waals surface area contributed by atoms with E-state index in [1.807, 2.05) is 0 Å². The maximum absolute atomic E-state index is 15.8. The first-order chi connectivity index (χ1) is 20.3. The molecule has 8 nitrogen and oxygen atoms in total. The number of aromatic nitrogens is 2. The summed E-state index contributed by atoms with van der Waals surface area (Å²) in [7, 11) is 2.07. The van der Waals surface area contributed by atoms with E-state index in [1.165, 1.54) is 6.08 Å². The second-order valence-electron chi connectivity index (χ2n) is 11.6. The number of carbonyl (C=O) groups excluding carboxylic acids is 1. The number of fused-ring (bicyclic) bond motifs is 3. The van der Waals surface area contributed by atoms with Gasteiger partial charge in [-0.1, -0.05) is 30.3 Å². The Balaban J connectivity index is 1.38. The van der Waals surface area contributed by atoms with Crippen LogP contribution in [0.15, 0.2) is 36.7 Å². The van der Waals surface area contributed by atoms with Crippen LogP contribution < -0.4 is 9.64 Å². The fourth-order valence-corrected chi connectivity index (χ4v) is 7.29. The van der Waals surface area contributed by atoms with Crippen molar-refractivity contribution in [1.82, 2.24) is 19.8 Å². The Labute approximate surface area is 249 Å². The van der Waals surface area contributed by atoms with Crippen LogP contribution in [0.25, 0.3) is 5.83 Å². The van der Waals surface area contributed by atoms with Gasteiger partial charge in [-0.25, -0.2) is 8.78 Å². The van der Waals surface area contributed by atoms with Crippen molar-refractivity contribution in [2.45, 2.75) is 56.0 Å². The van der Waals surface area contributed by atoms with Crippen LogP contribution >= 0.6 is 11.6 Å². The average molecular weight is 595 g/mol. The van der Waals surface area contributed by atoms with Crippen molar-refractivity contribution in [3.8, 4) is 12.1 Å². The van der Waals surface area contributed by atoms with Gasteiger partial charge in [0.05, 0.1) is 34.7 Å². The number of likely N-dealkylation sites (tertiary alicyclic amines) is 1. The molecule has 0 radical (unpaired) electrons. The first kappa shape index (κ1) is 28.6. The van der Waals surface area contributed by atoms with Gasteiger partial charge in [0.1, 0.15) is 18.3 Å². The molecule has 4 aliphatic rings. The van der Waals surface area contributed by atoms with Gasteiger partial charge in [0.2, 0.25) is 5.91 Å². The Morgan fingerprint density at radius 3 is 2.86 bits per heavy atom. The van der Waals surface area contributed by atoms with Gasteiger partial charge in [-0.3, -0.25) is 4.79 Å². The minimum atomic E-state index is -1.20. The normalized spacial score (nSPS) is 25.4. The van der Waals surface area contributed by atoms with E-state index in [0.29, 0.717) is 56.2 Å². The summed E-state index contributed by atoms with van der Waals surface area (Å²) in [6.07, 6.45) is 4.42. The maximum atomic E-state index is 15.8. The minimum Gasteiger partial charge on any atom is -0.462 e. The molecule has 220 valence electrons. The highest BCUT2D eigenvalue weighted by Gasteiger charge is 2.50. The van der Waals surface area contributed by atoms with Gasteiger partial charge >= 0.3 is 6.01 Å². The number of ether oxygens (including phenoxy) is 1. The second kappa shape index (κ2) is 11.3. The third-order valence-corrected chi connectivity index (χ3v) is 9.64. The van der Waals surface area contributed by atoms with Crippen LogP contribution in [-0.4, -0.2) is 77.6 Å². The predicted molar refractivity (Wildman–Crippen MR) is 156 cm³/mol. The number of nitrogens with zero attached hydrogens (tertiary/aromatic N) is 6. The molecule has 6 rings (SSSR count). The Morgan fingerprint density at radius 1 is 1.29 bits per heavy atom. The molecule has 3 heterocycles. The standard InChI is InChI=1S/C31H33ClF2N6O2/c1-3-25(41)40-15-14-39(17-19(40)10-12-35)29-21-9-11-31(22-7-4-8-23(32)26(22)27(33)28(31)34)16-24(21)36-30(37-29)42-18-20-6-5-13-38(20)2/h3-4,7-8,19-20H,1,5-6,9-11,13-18H2,2H3/t19-,20-,31?/m0/s1. The Kier molecular flexibility index (Phi) is 7.66. The number of likely N-dealkylation sites (N-methyl/N-ethyl adjacent to an activating group) is 1. The van der Waals surface area contributed by atoms with Crippen molar-refractivity contribution in [2.24, 2.45) is 0 Å². The smallest absolute Gasteiger partial charge is 0.318 e. The first-order valence-electron chi connectivity index (χ1n) is 14.4. The zero-order valence-electron chi connectivity index (χ0n) is 23.6. The van der Waals surface area contributed by atoms with Crippen LogP contribution in [0.2, 0.25) is 5.02 Å². The lowest BCUT2D eigenvalue weighted by Crippen LogP contribution is -2.55. The molecule has 2 aliphatic carbocycles. The van der Waals surface area contributed by atoms with Gasteiger partial charge in [0.15, 0.2) is 5.83 Å². The van der Waals surface area contributed by atoms with Crippen LogP contribution in [0.5, 0.6) is 6.01 Å². The average Bonchev–Trinajstić information content (AvgIpc) is 3.50. The van der Waals surface area contributed by atoms with E-state index in [-0.39, 0.29) is 47.4 Å². The molecule has 1 aromatic heterocycles. The first-order valence-corrected chi connectivity index (χ1v) is 14.8. The number of hydrogen-bond acceptors (Lipinski definition) is 7. The van der Waals surface area contributed by atoms with E-state index < -0.39 is 17.1 Å². The largest absolute Gasteiger partial charge is 0.462 e. The number of halogens is 3. The summed E-state index contributed by atoms with van der Waals surface area (Å²) in [4.78, 5) is 28.1. The number of nitriles is 1. The van der Waals surface area contributed by atoms with Gasteiger partial charge in [-0.15, -0.1) is 0 Å². The van der Waals surface area contributed by atoms with E-state index >= 15 is 8.78 Å². The molecule has 42 heavy (non-hydrogen) atoms. The number of allylic oxidation sites excluding steroid dienone is 1. The molecule has 11 heteroatoms. The van der Waals surface area contributed by atoms with Crippen molar-refractivity contribution in [3.05, 3.63) is 64.1 Å². The topological polar surface area (TPSA) is 85.6 Å². The second-order valence-corrected chi connectivity index (χ2v) is 12.0. The third kappa shape index (κ3) is 4.73. The quantitative estimate of drug-likeness (QED) is 0.446. The molecule has 1 amide bonds. The minimum absolute atomic E-state index is 0.123. The summed E-state index contributed by atoms with van der Waals surface area (Å²) in [5, 5.41) is 9.67. The molecule has 0 bridgehead atoms. The lowest BCUT2D eigenvalue weighted by molar-refractivity contribution is -0.128. The molecule has 3 atom stereocenters. The fraction of sp³-hybridized carbons (Fsp3) is 0.484. The molecular weight excluding hydrogens is 562 g/mol. The van der Waals surface area contributed by atoms with Crippen molar-refractivity contribution in [3.63, 3.8) is 0 Å². The van der Waals surface area contributed by atoms with Crippen LogP contribution in [0, 0.1) is 11.3 Å². The van der Waals surface area contributed by atoms with E-state index in [9.17, 15) is 10.1 Å². The third-order valence-electron chi connectivity index (χ3n) is 9.33. The number of carbonyl (C=O) groups is 1. The predicted octanol–water partition coefficient (Wildman–Crippen LogP) is 4.77. The molecule has 0 N–H and O–H groups in total. The van der Waals surface area contributed by atoms with Crippen LogP contribution in [-0.2, 0) is 23.1 Å². The molecule has 0 saturated carbocycles. The van der Waals surface area contributed by atoms with E-state index in [2.05, 4.69) is 29.5 Å². The van der Waals surface area contributed by atoms with Crippen molar-refractivity contribution in [1.29, 1.82) is 5.26 Å². The zero-order valence-corrected chi connectivity index (χ0v) is 24.3.